The Morgan fingerprint density at radius 3 is 2.19 bits per heavy atom. The summed E-state index contributed by atoms with van der Waals surface area (Å²) in [5, 5.41) is 0. The van der Waals surface area contributed by atoms with E-state index in [-0.39, 0.29) is 5.91 Å². The van der Waals surface area contributed by atoms with E-state index in [1.807, 2.05) is 78.9 Å². The molecule has 4 nitrogen and oxygen atoms in total. The van der Waals surface area contributed by atoms with Gasteiger partial charge in [-0.2, -0.15) is 0 Å². The Kier molecular flexibility index (Phi) is 6.10. The van der Waals surface area contributed by atoms with Crippen molar-refractivity contribution in [3.05, 3.63) is 95.6 Å². The summed E-state index contributed by atoms with van der Waals surface area (Å²) in [6.45, 7) is 0.964. The highest BCUT2D eigenvalue weighted by molar-refractivity contribution is 5.93. The minimum absolute atomic E-state index is 0.0148. The lowest BCUT2D eigenvalue weighted by Gasteiger charge is -2.18. The molecule has 0 unspecified atom stereocenters. The zero-order chi connectivity index (χ0) is 19.1. The van der Waals surface area contributed by atoms with Crippen molar-refractivity contribution in [2.24, 2.45) is 0 Å². The first-order valence-electron chi connectivity index (χ1n) is 8.81. The first-order chi connectivity index (χ1) is 13.2. The van der Waals surface area contributed by atoms with E-state index in [2.05, 4.69) is 0 Å². The van der Waals surface area contributed by atoms with Crippen molar-refractivity contribution < 1.29 is 14.3 Å². The van der Waals surface area contributed by atoms with Gasteiger partial charge in [0.2, 0.25) is 0 Å². The van der Waals surface area contributed by atoms with Crippen LogP contribution in [-0.2, 0) is 13.2 Å². The summed E-state index contributed by atoms with van der Waals surface area (Å²) >= 11 is 0. The van der Waals surface area contributed by atoms with E-state index in [1.165, 1.54) is 0 Å². The predicted molar refractivity (Wildman–Crippen MR) is 106 cm³/mol. The fourth-order valence-corrected chi connectivity index (χ4v) is 2.81. The molecule has 0 radical (unpaired) electrons. The molecular weight excluding hydrogens is 338 g/mol. The topological polar surface area (TPSA) is 38.8 Å². The molecule has 3 aromatic rings. The normalized spacial score (nSPS) is 10.3. The van der Waals surface area contributed by atoms with Gasteiger partial charge in [-0.05, 0) is 35.4 Å². The Morgan fingerprint density at radius 2 is 1.52 bits per heavy atom. The maximum atomic E-state index is 12.5. The minimum Gasteiger partial charge on any atom is -0.493 e. The van der Waals surface area contributed by atoms with Crippen molar-refractivity contribution in [3.8, 4) is 11.5 Å². The van der Waals surface area contributed by atoms with Crippen molar-refractivity contribution in [2.45, 2.75) is 13.2 Å². The summed E-state index contributed by atoms with van der Waals surface area (Å²) in [4.78, 5) is 14.2. The molecule has 1 amide bonds. The number of ether oxygens (including phenoxy) is 2. The fourth-order valence-electron chi connectivity index (χ4n) is 2.81. The first-order valence-corrected chi connectivity index (χ1v) is 8.81. The van der Waals surface area contributed by atoms with Gasteiger partial charge in [0.15, 0.2) is 11.5 Å². The molecule has 0 aliphatic heterocycles. The molecule has 138 valence electrons. The number of rotatable bonds is 7. The maximum absolute atomic E-state index is 12.5. The highest BCUT2D eigenvalue weighted by atomic mass is 16.5. The third-order valence-electron chi connectivity index (χ3n) is 4.25. The van der Waals surface area contributed by atoms with Gasteiger partial charge in [0.1, 0.15) is 6.61 Å². The Labute approximate surface area is 160 Å². The minimum atomic E-state index is -0.0148. The molecule has 0 atom stereocenters. The van der Waals surface area contributed by atoms with Crippen molar-refractivity contribution >= 4 is 5.91 Å². The standard InChI is InChI=1S/C23H23NO3/c1-24(23(25)20-11-7-4-8-12-20)16-19-13-14-21(22(15-19)26-2)27-17-18-9-5-3-6-10-18/h3-15H,16-17H2,1-2H3. The van der Waals surface area contributed by atoms with Crippen LogP contribution in [0, 0.1) is 0 Å². The van der Waals surface area contributed by atoms with Crippen molar-refractivity contribution in [1.29, 1.82) is 0 Å². The van der Waals surface area contributed by atoms with Crippen LogP contribution in [0.5, 0.6) is 11.5 Å². The van der Waals surface area contributed by atoms with E-state index in [0.717, 1.165) is 11.1 Å². The molecule has 0 N–H and O–H groups in total. The molecule has 0 saturated heterocycles. The van der Waals surface area contributed by atoms with Crippen LogP contribution < -0.4 is 9.47 Å². The van der Waals surface area contributed by atoms with E-state index in [0.29, 0.717) is 30.2 Å². The van der Waals surface area contributed by atoms with Gasteiger partial charge in [0.05, 0.1) is 7.11 Å². The number of methoxy groups -OCH3 is 1. The number of hydrogen-bond acceptors (Lipinski definition) is 3. The average molecular weight is 361 g/mol. The van der Waals surface area contributed by atoms with Gasteiger partial charge in [-0.3, -0.25) is 4.79 Å². The smallest absolute Gasteiger partial charge is 0.253 e. The van der Waals surface area contributed by atoms with Crippen molar-refractivity contribution in [1.82, 2.24) is 4.90 Å². The molecule has 0 saturated carbocycles. The predicted octanol–water partition coefficient (Wildman–Crippen LogP) is 4.55. The molecule has 0 fully saturated rings. The number of carbonyl (C=O) groups is 1. The second-order valence-corrected chi connectivity index (χ2v) is 6.29. The van der Waals surface area contributed by atoms with Crippen LogP contribution in [0.1, 0.15) is 21.5 Å². The lowest BCUT2D eigenvalue weighted by Crippen LogP contribution is -2.26. The Balaban J connectivity index is 1.67. The van der Waals surface area contributed by atoms with Crippen LogP contribution in [0.4, 0.5) is 0 Å². The van der Waals surface area contributed by atoms with E-state index in [9.17, 15) is 4.79 Å². The van der Waals surface area contributed by atoms with Crippen LogP contribution in [-0.4, -0.2) is 25.0 Å². The SMILES string of the molecule is COc1cc(CN(C)C(=O)c2ccccc2)ccc1OCc1ccccc1. The van der Waals surface area contributed by atoms with E-state index < -0.39 is 0 Å². The van der Waals surface area contributed by atoms with E-state index >= 15 is 0 Å². The lowest BCUT2D eigenvalue weighted by molar-refractivity contribution is 0.0785. The molecular formula is C23H23NO3. The van der Waals surface area contributed by atoms with Crippen LogP contribution in [0.3, 0.4) is 0 Å². The van der Waals surface area contributed by atoms with Crippen molar-refractivity contribution in [2.75, 3.05) is 14.2 Å². The van der Waals surface area contributed by atoms with Gasteiger partial charge in [0, 0.05) is 19.2 Å². The zero-order valence-electron chi connectivity index (χ0n) is 15.6. The van der Waals surface area contributed by atoms with Crippen LogP contribution in [0.15, 0.2) is 78.9 Å². The molecule has 0 spiro atoms. The van der Waals surface area contributed by atoms with Crippen molar-refractivity contribution in [3.63, 3.8) is 0 Å². The van der Waals surface area contributed by atoms with Gasteiger partial charge in [0.25, 0.3) is 5.91 Å². The molecule has 27 heavy (non-hydrogen) atoms. The Hall–Kier alpha value is -3.27. The second-order valence-electron chi connectivity index (χ2n) is 6.29. The number of benzene rings is 3. The van der Waals surface area contributed by atoms with Gasteiger partial charge < -0.3 is 14.4 Å². The number of amides is 1. The molecule has 0 aliphatic carbocycles. The van der Waals surface area contributed by atoms with Crippen LogP contribution in [0.2, 0.25) is 0 Å². The largest absolute Gasteiger partial charge is 0.493 e. The first kappa shape index (κ1) is 18.5. The van der Waals surface area contributed by atoms with E-state index in [1.54, 1.807) is 19.1 Å². The van der Waals surface area contributed by atoms with Gasteiger partial charge in [-0.1, -0.05) is 54.6 Å². The highest BCUT2D eigenvalue weighted by Gasteiger charge is 2.13. The third kappa shape index (κ3) is 4.88. The van der Waals surface area contributed by atoms with Crippen LogP contribution in [0.25, 0.3) is 0 Å². The molecule has 0 aliphatic rings. The third-order valence-corrected chi connectivity index (χ3v) is 4.25. The quantitative estimate of drug-likeness (QED) is 0.620. The van der Waals surface area contributed by atoms with Crippen LogP contribution >= 0.6 is 0 Å². The zero-order valence-corrected chi connectivity index (χ0v) is 15.6. The molecule has 4 heteroatoms. The summed E-state index contributed by atoms with van der Waals surface area (Å²) in [6, 6.07) is 25.0. The maximum Gasteiger partial charge on any atom is 0.253 e. The molecule has 3 rings (SSSR count). The van der Waals surface area contributed by atoms with Gasteiger partial charge in [-0.15, -0.1) is 0 Å². The average Bonchev–Trinajstić information content (AvgIpc) is 2.73. The fraction of sp³-hybridized carbons (Fsp3) is 0.174. The lowest BCUT2D eigenvalue weighted by atomic mass is 10.1. The monoisotopic (exact) mass is 361 g/mol. The summed E-state index contributed by atoms with van der Waals surface area (Å²) in [5.41, 5.74) is 2.75. The Bertz CT molecular complexity index is 879. The van der Waals surface area contributed by atoms with E-state index in [4.69, 9.17) is 9.47 Å². The summed E-state index contributed by atoms with van der Waals surface area (Å²) in [5.74, 6) is 1.32. The highest BCUT2D eigenvalue weighted by Crippen LogP contribution is 2.29. The second kappa shape index (κ2) is 8.90. The van der Waals surface area contributed by atoms with Gasteiger partial charge >= 0.3 is 0 Å². The molecule has 3 aromatic carbocycles. The summed E-state index contributed by atoms with van der Waals surface area (Å²) in [6.07, 6.45) is 0. The Morgan fingerprint density at radius 1 is 0.852 bits per heavy atom. The summed E-state index contributed by atoms with van der Waals surface area (Å²) < 4.78 is 11.4. The molecule has 0 bridgehead atoms. The number of nitrogens with zero attached hydrogens (tertiary/aromatic N) is 1. The van der Waals surface area contributed by atoms with Gasteiger partial charge in [-0.25, -0.2) is 0 Å². The molecule has 0 aromatic heterocycles. The molecule has 0 heterocycles. The number of hydrogen-bond donors (Lipinski definition) is 0. The number of carbonyl (C=O) groups excluding carboxylic acids is 1. The summed E-state index contributed by atoms with van der Waals surface area (Å²) in [7, 11) is 3.41.